The lowest BCUT2D eigenvalue weighted by atomic mass is 10.2. The molecular formula is C15H13NO. The van der Waals surface area contributed by atoms with E-state index in [0.29, 0.717) is 0 Å². The first-order valence-electron chi connectivity index (χ1n) is 5.68. The van der Waals surface area contributed by atoms with Gasteiger partial charge in [-0.2, -0.15) is 0 Å². The van der Waals surface area contributed by atoms with Crippen LogP contribution in [0.2, 0.25) is 0 Å². The molecule has 84 valence electrons. The molecule has 17 heavy (non-hydrogen) atoms. The molecule has 1 aliphatic heterocycles. The lowest BCUT2D eigenvalue weighted by Gasteiger charge is -2.29. The monoisotopic (exact) mass is 223 g/mol. The average Bonchev–Trinajstić information content (AvgIpc) is 2.39. The van der Waals surface area contributed by atoms with E-state index >= 15 is 0 Å². The van der Waals surface area contributed by atoms with E-state index in [0.717, 1.165) is 22.9 Å². The number of fused-ring (bicyclic) bond motifs is 2. The van der Waals surface area contributed by atoms with Gasteiger partial charge < -0.3 is 9.64 Å². The molecule has 0 amide bonds. The van der Waals surface area contributed by atoms with Gasteiger partial charge in [-0.3, -0.25) is 0 Å². The van der Waals surface area contributed by atoms with Crippen molar-refractivity contribution in [3.05, 3.63) is 60.8 Å². The second-order valence-electron chi connectivity index (χ2n) is 3.89. The summed E-state index contributed by atoms with van der Waals surface area (Å²) in [5.74, 6) is 1.79. The summed E-state index contributed by atoms with van der Waals surface area (Å²) in [7, 11) is 0. The summed E-state index contributed by atoms with van der Waals surface area (Å²) in [6.07, 6.45) is 4.08. The molecule has 2 aromatic rings. The Morgan fingerprint density at radius 1 is 0.882 bits per heavy atom. The van der Waals surface area contributed by atoms with E-state index in [1.54, 1.807) is 0 Å². The number of allylic oxidation sites excluding steroid dienone is 1. The molecule has 0 fully saturated rings. The molecule has 0 radical (unpaired) electrons. The molecule has 0 atom stereocenters. The van der Waals surface area contributed by atoms with Gasteiger partial charge in [0.25, 0.3) is 0 Å². The lowest BCUT2D eigenvalue weighted by Crippen LogP contribution is -2.14. The molecule has 1 heterocycles. The summed E-state index contributed by atoms with van der Waals surface area (Å²) in [5.41, 5.74) is 2.15. The Labute approximate surface area is 101 Å². The van der Waals surface area contributed by atoms with Gasteiger partial charge in [0.05, 0.1) is 11.4 Å². The van der Waals surface area contributed by atoms with Crippen LogP contribution < -0.4 is 9.64 Å². The maximum atomic E-state index is 5.88. The van der Waals surface area contributed by atoms with E-state index in [9.17, 15) is 0 Å². The van der Waals surface area contributed by atoms with Crippen molar-refractivity contribution in [1.82, 2.24) is 0 Å². The second kappa shape index (κ2) is 3.98. The number of rotatable bonds is 1. The highest BCUT2D eigenvalue weighted by atomic mass is 16.5. The van der Waals surface area contributed by atoms with E-state index in [1.165, 1.54) is 0 Å². The first-order chi connectivity index (χ1) is 8.40. The summed E-state index contributed by atoms with van der Waals surface area (Å²) >= 11 is 0. The Morgan fingerprint density at radius 3 is 1.94 bits per heavy atom. The van der Waals surface area contributed by atoms with Crippen LogP contribution in [0, 0.1) is 0 Å². The fraction of sp³-hybridized carbons (Fsp3) is 0.0667. The van der Waals surface area contributed by atoms with Crippen LogP contribution in [0.3, 0.4) is 0 Å². The summed E-state index contributed by atoms with van der Waals surface area (Å²) < 4.78 is 5.88. The zero-order chi connectivity index (χ0) is 11.7. The third-order valence-electron chi connectivity index (χ3n) is 2.77. The number of hydrogen-bond donors (Lipinski definition) is 0. The van der Waals surface area contributed by atoms with Crippen LogP contribution >= 0.6 is 0 Å². The van der Waals surface area contributed by atoms with E-state index in [-0.39, 0.29) is 0 Å². The van der Waals surface area contributed by atoms with Gasteiger partial charge in [-0.25, -0.2) is 0 Å². The molecule has 0 bridgehead atoms. The minimum absolute atomic E-state index is 0.893. The zero-order valence-electron chi connectivity index (χ0n) is 9.63. The molecule has 0 N–H and O–H groups in total. The molecule has 0 unspecified atom stereocenters. The van der Waals surface area contributed by atoms with Gasteiger partial charge in [-0.15, -0.1) is 0 Å². The molecule has 0 saturated carbocycles. The maximum absolute atomic E-state index is 5.88. The van der Waals surface area contributed by atoms with Gasteiger partial charge >= 0.3 is 0 Å². The number of hydrogen-bond acceptors (Lipinski definition) is 2. The topological polar surface area (TPSA) is 12.5 Å². The molecule has 0 aromatic heterocycles. The third kappa shape index (κ3) is 1.58. The Hall–Kier alpha value is -2.22. The quantitative estimate of drug-likeness (QED) is 0.707. The van der Waals surface area contributed by atoms with Crippen LogP contribution in [0.1, 0.15) is 6.92 Å². The average molecular weight is 223 g/mol. The Morgan fingerprint density at radius 2 is 1.41 bits per heavy atom. The van der Waals surface area contributed by atoms with Gasteiger partial charge in [-0.05, 0) is 31.2 Å². The van der Waals surface area contributed by atoms with Crippen molar-refractivity contribution in [2.24, 2.45) is 0 Å². The Kier molecular flexibility index (Phi) is 2.33. The summed E-state index contributed by atoms with van der Waals surface area (Å²) in [5, 5.41) is 0. The van der Waals surface area contributed by atoms with Crippen molar-refractivity contribution >= 4 is 11.4 Å². The number of para-hydroxylation sites is 4. The van der Waals surface area contributed by atoms with Crippen LogP contribution in [0.25, 0.3) is 0 Å². The fourth-order valence-electron chi connectivity index (χ4n) is 2.04. The van der Waals surface area contributed by atoms with Crippen molar-refractivity contribution in [2.75, 3.05) is 4.90 Å². The molecule has 2 aromatic carbocycles. The maximum Gasteiger partial charge on any atom is 0.151 e. The number of benzene rings is 2. The highest BCUT2D eigenvalue weighted by Gasteiger charge is 2.21. The van der Waals surface area contributed by atoms with Crippen LogP contribution in [0.5, 0.6) is 11.5 Å². The zero-order valence-corrected chi connectivity index (χ0v) is 9.63. The van der Waals surface area contributed by atoms with Crippen LogP contribution in [-0.4, -0.2) is 0 Å². The van der Waals surface area contributed by atoms with Crippen LogP contribution in [0.15, 0.2) is 60.8 Å². The van der Waals surface area contributed by atoms with Gasteiger partial charge in [0.1, 0.15) is 0 Å². The van der Waals surface area contributed by atoms with Gasteiger partial charge in [0.2, 0.25) is 0 Å². The summed E-state index contributed by atoms with van der Waals surface area (Å²) in [4.78, 5) is 2.15. The van der Waals surface area contributed by atoms with E-state index in [2.05, 4.69) is 23.2 Å². The molecule has 2 nitrogen and oxygen atoms in total. The van der Waals surface area contributed by atoms with Crippen molar-refractivity contribution in [3.63, 3.8) is 0 Å². The van der Waals surface area contributed by atoms with Crippen molar-refractivity contribution in [2.45, 2.75) is 6.92 Å². The van der Waals surface area contributed by atoms with Gasteiger partial charge in [0, 0.05) is 6.20 Å². The van der Waals surface area contributed by atoms with E-state index in [1.807, 2.05) is 49.4 Å². The van der Waals surface area contributed by atoms with E-state index in [4.69, 9.17) is 4.74 Å². The molecule has 3 rings (SSSR count). The molecule has 1 aliphatic rings. The first kappa shape index (κ1) is 9.97. The summed E-state index contributed by atoms with van der Waals surface area (Å²) in [6.45, 7) is 2.01. The highest BCUT2D eigenvalue weighted by molar-refractivity contribution is 5.79. The van der Waals surface area contributed by atoms with E-state index < -0.39 is 0 Å². The molecule has 2 heteroatoms. The third-order valence-corrected chi connectivity index (χ3v) is 2.77. The Balaban J connectivity index is 2.20. The predicted molar refractivity (Wildman–Crippen MR) is 69.9 cm³/mol. The largest absolute Gasteiger partial charge is 0.453 e. The first-order valence-corrected chi connectivity index (χ1v) is 5.68. The minimum atomic E-state index is 0.893. The predicted octanol–water partition coefficient (Wildman–Crippen LogP) is 4.46. The van der Waals surface area contributed by atoms with Crippen molar-refractivity contribution in [1.29, 1.82) is 0 Å². The fourth-order valence-corrected chi connectivity index (χ4v) is 2.04. The number of ether oxygens (including phenoxy) is 1. The lowest BCUT2D eigenvalue weighted by molar-refractivity contribution is 0.476. The summed E-state index contributed by atoms with van der Waals surface area (Å²) in [6, 6.07) is 16.1. The highest BCUT2D eigenvalue weighted by Crippen LogP contribution is 2.46. The molecule has 0 spiro atoms. The smallest absolute Gasteiger partial charge is 0.151 e. The van der Waals surface area contributed by atoms with Crippen molar-refractivity contribution < 1.29 is 4.74 Å². The van der Waals surface area contributed by atoms with Crippen LogP contribution in [-0.2, 0) is 0 Å². The standard InChI is InChI=1S/C15H13NO/c1-2-11-16-12-7-3-5-9-14(12)17-15-10-6-4-8-13(15)16/h2-11H,1H3/b11-2+. The number of anilines is 2. The van der Waals surface area contributed by atoms with Crippen molar-refractivity contribution in [3.8, 4) is 11.5 Å². The Bertz CT molecular complexity index is 529. The SMILES string of the molecule is C/C=C/N1c2ccccc2Oc2ccccc21. The van der Waals surface area contributed by atoms with Gasteiger partial charge in [-0.1, -0.05) is 30.3 Å². The molecule has 0 aliphatic carbocycles. The molecular weight excluding hydrogens is 210 g/mol. The van der Waals surface area contributed by atoms with Gasteiger partial charge in [0.15, 0.2) is 11.5 Å². The number of nitrogens with zero attached hydrogens (tertiary/aromatic N) is 1. The minimum Gasteiger partial charge on any atom is -0.453 e. The molecule has 0 saturated heterocycles. The normalized spacial score (nSPS) is 13.1. The van der Waals surface area contributed by atoms with Crippen LogP contribution in [0.4, 0.5) is 11.4 Å². The second-order valence-corrected chi connectivity index (χ2v) is 3.89.